The van der Waals surface area contributed by atoms with E-state index < -0.39 is 6.10 Å². The third-order valence-corrected chi connectivity index (χ3v) is 4.22. The van der Waals surface area contributed by atoms with Gasteiger partial charge in [-0.25, -0.2) is 4.39 Å². The molecule has 0 spiro atoms. The fourth-order valence-corrected chi connectivity index (χ4v) is 2.90. The molecule has 0 saturated heterocycles. The Labute approximate surface area is 116 Å². The van der Waals surface area contributed by atoms with Crippen LogP contribution in [0, 0.1) is 5.82 Å². The molecular weight excluding hydrogens is 327 g/mol. The number of thiophene rings is 1. The first-order chi connectivity index (χ1) is 8.06. The van der Waals surface area contributed by atoms with Crippen molar-refractivity contribution in [3.63, 3.8) is 0 Å². The molecule has 1 aromatic carbocycles. The van der Waals surface area contributed by atoms with E-state index >= 15 is 0 Å². The van der Waals surface area contributed by atoms with Crippen LogP contribution in [-0.2, 0) is 6.42 Å². The van der Waals surface area contributed by atoms with Crippen molar-refractivity contribution >= 4 is 38.9 Å². The summed E-state index contributed by atoms with van der Waals surface area (Å²) in [5.41, 5.74) is 0.491. The van der Waals surface area contributed by atoms with Gasteiger partial charge in [-0.1, -0.05) is 33.6 Å². The van der Waals surface area contributed by atoms with Crippen molar-refractivity contribution in [1.29, 1.82) is 0 Å². The van der Waals surface area contributed by atoms with Crippen LogP contribution in [0.3, 0.4) is 0 Å². The van der Waals surface area contributed by atoms with Crippen LogP contribution in [-0.4, -0.2) is 5.11 Å². The molecule has 0 saturated carbocycles. The minimum atomic E-state index is -0.719. The molecule has 1 aromatic heterocycles. The van der Waals surface area contributed by atoms with Crippen LogP contribution in [0.5, 0.6) is 0 Å². The molecule has 0 aliphatic heterocycles. The van der Waals surface area contributed by atoms with Gasteiger partial charge in [0.2, 0.25) is 0 Å². The van der Waals surface area contributed by atoms with Gasteiger partial charge in [0.15, 0.2) is 0 Å². The number of benzene rings is 1. The van der Waals surface area contributed by atoms with Crippen LogP contribution in [0.2, 0.25) is 5.02 Å². The summed E-state index contributed by atoms with van der Waals surface area (Å²) in [6.07, 6.45) is -0.473. The van der Waals surface area contributed by atoms with Gasteiger partial charge in [-0.05, 0) is 23.8 Å². The first-order valence-corrected chi connectivity index (χ1v) is 6.97. The second kappa shape index (κ2) is 5.48. The van der Waals surface area contributed by atoms with Crippen LogP contribution < -0.4 is 0 Å². The van der Waals surface area contributed by atoms with E-state index in [2.05, 4.69) is 15.9 Å². The highest BCUT2D eigenvalue weighted by Crippen LogP contribution is 2.28. The van der Waals surface area contributed by atoms with Crippen molar-refractivity contribution in [2.45, 2.75) is 12.5 Å². The third-order valence-electron chi connectivity index (χ3n) is 2.34. The van der Waals surface area contributed by atoms with Gasteiger partial charge in [-0.2, -0.15) is 0 Å². The Hall–Kier alpha value is -0.420. The molecule has 2 aromatic rings. The summed E-state index contributed by atoms with van der Waals surface area (Å²) >= 11 is 10.3. The van der Waals surface area contributed by atoms with Gasteiger partial charge in [0.1, 0.15) is 5.82 Å². The molecule has 0 bridgehead atoms. The fourth-order valence-electron chi connectivity index (χ4n) is 1.50. The molecule has 2 rings (SSSR count). The van der Waals surface area contributed by atoms with Crippen molar-refractivity contribution in [1.82, 2.24) is 0 Å². The van der Waals surface area contributed by atoms with Crippen molar-refractivity contribution < 1.29 is 9.50 Å². The highest BCUT2D eigenvalue weighted by atomic mass is 79.9. The summed E-state index contributed by atoms with van der Waals surface area (Å²) in [6, 6.07) is 6.52. The maximum absolute atomic E-state index is 13.6. The lowest BCUT2D eigenvalue weighted by molar-refractivity contribution is 0.181. The molecule has 1 N–H and O–H groups in total. The summed E-state index contributed by atoms with van der Waals surface area (Å²) in [6.45, 7) is 0. The molecular formula is C12H9BrClFOS. The smallest absolute Gasteiger partial charge is 0.127 e. The van der Waals surface area contributed by atoms with E-state index in [9.17, 15) is 9.50 Å². The van der Waals surface area contributed by atoms with Gasteiger partial charge in [0.05, 0.1) is 11.1 Å². The molecule has 0 fully saturated rings. The summed E-state index contributed by atoms with van der Waals surface area (Å²) < 4.78 is 14.3. The molecule has 5 heteroatoms. The second-order valence-electron chi connectivity index (χ2n) is 3.62. The van der Waals surface area contributed by atoms with Crippen LogP contribution in [0.15, 0.2) is 34.1 Å². The predicted molar refractivity (Wildman–Crippen MR) is 72.1 cm³/mol. The van der Waals surface area contributed by atoms with Crippen molar-refractivity contribution in [2.24, 2.45) is 0 Å². The zero-order valence-electron chi connectivity index (χ0n) is 8.66. The van der Waals surface area contributed by atoms with E-state index in [4.69, 9.17) is 11.6 Å². The Morgan fingerprint density at radius 1 is 1.41 bits per heavy atom. The normalized spacial score (nSPS) is 12.7. The predicted octanol–water partition coefficient (Wildman–Crippen LogP) is 4.58. The summed E-state index contributed by atoms with van der Waals surface area (Å²) in [7, 11) is 0. The van der Waals surface area contributed by atoms with Crippen LogP contribution in [0.4, 0.5) is 4.39 Å². The second-order valence-corrected chi connectivity index (χ2v) is 5.92. The van der Waals surface area contributed by atoms with E-state index in [1.807, 2.05) is 0 Å². The van der Waals surface area contributed by atoms with Crippen molar-refractivity contribution in [2.75, 3.05) is 0 Å². The largest absolute Gasteiger partial charge is 0.387 e. The van der Waals surface area contributed by atoms with E-state index in [1.54, 1.807) is 23.6 Å². The number of rotatable bonds is 3. The highest BCUT2D eigenvalue weighted by Gasteiger charge is 2.13. The minimum Gasteiger partial charge on any atom is -0.387 e. The molecule has 0 amide bonds. The molecule has 0 aliphatic carbocycles. The molecule has 1 heterocycles. The minimum absolute atomic E-state index is 0.246. The van der Waals surface area contributed by atoms with Gasteiger partial charge < -0.3 is 5.11 Å². The fraction of sp³-hybridized carbons (Fsp3) is 0.167. The molecule has 90 valence electrons. The first kappa shape index (κ1) is 13.0. The molecule has 1 nitrogen and oxygen atoms in total. The lowest BCUT2D eigenvalue weighted by Crippen LogP contribution is -2.01. The average Bonchev–Trinajstić information content (AvgIpc) is 2.69. The topological polar surface area (TPSA) is 20.2 Å². The van der Waals surface area contributed by atoms with E-state index in [0.29, 0.717) is 15.1 Å². The van der Waals surface area contributed by atoms with Gasteiger partial charge >= 0.3 is 0 Å². The Bertz CT molecular complexity index is 529. The number of halogens is 3. The molecule has 1 unspecified atom stereocenters. The summed E-state index contributed by atoms with van der Waals surface area (Å²) in [4.78, 5) is 0.748. The Kier molecular flexibility index (Phi) is 4.20. The summed E-state index contributed by atoms with van der Waals surface area (Å²) in [5, 5.41) is 12.3. The summed E-state index contributed by atoms with van der Waals surface area (Å²) in [5.74, 6) is -0.318. The zero-order chi connectivity index (χ0) is 12.4. The molecule has 0 aliphatic rings. The Morgan fingerprint density at radius 2 is 2.18 bits per heavy atom. The highest BCUT2D eigenvalue weighted by molar-refractivity contribution is 9.10. The number of hydrogen-bond acceptors (Lipinski definition) is 2. The zero-order valence-corrected chi connectivity index (χ0v) is 11.8. The molecule has 17 heavy (non-hydrogen) atoms. The van der Waals surface area contributed by atoms with Gasteiger partial charge in [-0.3, -0.25) is 0 Å². The lowest BCUT2D eigenvalue weighted by Gasteiger charge is -2.09. The van der Waals surface area contributed by atoms with Crippen LogP contribution >= 0.6 is 38.9 Å². The lowest BCUT2D eigenvalue weighted by atomic mass is 10.1. The maximum Gasteiger partial charge on any atom is 0.127 e. The van der Waals surface area contributed by atoms with Gasteiger partial charge in [-0.15, -0.1) is 11.3 Å². The number of aliphatic hydroxyl groups excluding tert-OH is 1. The van der Waals surface area contributed by atoms with Crippen LogP contribution in [0.1, 0.15) is 16.5 Å². The van der Waals surface area contributed by atoms with E-state index in [0.717, 1.165) is 4.88 Å². The Morgan fingerprint density at radius 3 is 2.76 bits per heavy atom. The van der Waals surface area contributed by atoms with Crippen molar-refractivity contribution in [3.05, 3.63) is 55.4 Å². The monoisotopic (exact) mass is 334 g/mol. The van der Waals surface area contributed by atoms with E-state index in [-0.39, 0.29) is 12.2 Å². The molecule has 0 radical (unpaired) electrons. The quantitative estimate of drug-likeness (QED) is 0.870. The van der Waals surface area contributed by atoms with Gasteiger partial charge in [0, 0.05) is 21.2 Å². The first-order valence-electron chi connectivity index (χ1n) is 4.92. The number of hydrogen-bond donors (Lipinski definition) is 1. The SMILES string of the molecule is OC(Cc1ccc(Br)cc1F)c1cc(Cl)cs1. The van der Waals surface area contributed by atoms with Crippen molar-refractivity contribution in [3.8, 4) is 0 Å². The molecule has 1 atom stereocenters. The maximum atomic E-state index is 13.6. The van der Waals surface area contributed by atoms with Gasteiger partial charge in [0.25, 0.3) is 0 Å². The Balaban J connectivity index is 2.15. The average molecular weight is 336 g/mol. The van der Waals surface area contributed by atoms with Crippen LogP contribution in [0.25, 0.3) is 0 Å². The third kappa shape index (κ3) is 3.28. The van der Waals surface area contributed by atoms with E-state index in [1.165, 1.54) is 17.4 Å². The standard InChI is InChI=1S/C12H9BrClFOS/c13-8-2-1-7(10(15)4-8)3-11(16)12-5-9(14)6-17-12/h1-2,4-6,11,16H,3H2. The number of aliphatic hydroxyl groups is 1.